The van der Waals surface area contributed by atoms with E-state index in [2.05, 4.69) is 15.6 Å². The smallest absolute Gasteiger partial charge is 0.269 e. The Morgan fingerprint density at radius 1 is 1.47 bits per heavy atom. The Bertz CT molecular complexity index is 427. The van der Waals surface area contributed by atoms with Crippen molar-refractivity contribution in [2.75, 3.05) is 32.6 Å². The van der Waals surface area contributed by atoms with Crippen LogP contribution in [-0.2, 0) is 4.74 Å². The number of ether oxygens (including phenoxy) is 1. The van der Waals surface area contributed by atoms with Gasteiger partial charge in [0.1, 0.15) is 5.69 Å². The highest BCUT2D eigenvalue weighted by atomic mass is 16.5. The Morgan fingerprint density at radius 3 is 2.79 bits per heavy atom. The number of amides is 1. The van der Waals surface area contributed by atoms with Crippen LogP contribution in [0.4, 0.5) is 5.69 Å². The molecule has 2 rings (SSSR count). The molecule has 1 heterocycles. The SMILES string of the molecule is CNc1ccc(C(=O)NCC2(CCOC)CC2)nc1. The summed E-state index contributed by atoms with van der Waals surface area (Å²) < 4.78 is 5.10. The highest BCUT2D eigenvalue weighted by molar-refractivity contribution is 5.92. The van der Waals surface area contributed by atoms with Gasteiger partial charge in [-0.15, -0.1) is 0 Å². The van der Waals surface area contributed by atoms with Gasteiger partial charge in [0.2, 0.25) is 0 Å². The minimum absolute atomic E-state index is 0.105. The molecule has 0 bridgehead atoms. The fourth-order valence-corrected chi connectivity index (χ4v) is 2.04. The van der Waals surface area contributed by atoms with Gasteiger partial charge < -0.3 is 15.4 Å². The molecule has 1 aromatic heterocycles. The molecule has 1 aliphatic carbocycles. The van der Waals surface area contributed by atoms with E-state index in [0.717, 1.165) is 18.7 Å². The van der Waals surface area contributed by atoms with Gasteiger partial charge in [0, 0.05) is 27.3 Å². The number of nitrogens with one attached hydrogen (secondary N) is 2. The first kappa shape index (κ1) is 13.8. The number of carbonyl (C=O) groups excluding carboxylic acids is 1. The Kier molecular flexibility index (Phi) is 4.37. The van der Waals surface area contributed by atoms with Crippen LogP contribution in [0.5, 0.6) is 0 Å². The molecule has 2 N–H and O–H groups in total. The maximum Gasteiger partial charge on any atom is 0.269 e. The molecule has 1 aliphatic rings. The number of hydrogen-bond donors (Lipinski definition) is 2. The Labute approximate surface area is 113 Å². The van der Waals surface area contributed by atoms with Crippen molar-refractivity contribution in [3.05, 3.63) is 24.0 Å². The molecule has 19 heavy (non-hydrogen) atoms. The summed E-state index contributed by atoms with van der Waals surface area (Å²) in [6.45, 7) is 1.47. The second kappa shape index (κ2) is 6.02. The minimum Gasteiger partial charge on any atom is -0.387 e. The Hall–Kier alpha value is -1.62. The van der Waals surface area contributed by atoms with Gasteiger partial charge in [-0.2, -0.15) is 0 Å². The number of anilines is 1. The molecule has 0 spiro atoms. The minimum atomic E-state index is -0.105. The number of nitrogens with zero attached hydrogens (tertiary/aromatic N) is 1. The molecule has 5 nitrogen and oxygen atoms in total. The predicted octanol–water partition coefficient (Wildman–Crippen LogP) is 1.67. The fraction of sp³-hybridized carbons (Fsp3) is 0.571. The molecular weight excluding hydrogens is 242 g/mol. The van der Waals surface area contributed by atoms with E-state index in [1.54, 1.807) is 19.4 Å². The maximum absolute atomic E-state index is 12.0. The summed E-state index contributed by atoms with van der Waals surface area (Å²) in [6.07, 6.45) is 5.01. The van der Waals surface area contributed by atoms with Crippen molar-refractivity contribution in [3.8, 4) is 0 Å². The van der Waals surface area contributed by atoms with Crippen molar-refractivity contribution in [1.29, 1.82) is 0 Å². The normalized spacial score (nSPS) is 15.9. The van der Waals surface area contributed by atoms with E-state index in [4.69, 9.17) is 4.74 Å². The van der Waals surface area contributed by atoms with Crippen molar-refractivity contribution in [2.45, 2.75) is 19.3 Å². The molecule has 1 amide bonds. The molecule has 5 heteroatoms. The van der Waals surface area contributed by atoms with Crippen LogP contribution in [0.25, 0.3) is 0 Å². The molecule has 0 unspecified atom stereocenters. The van der Waals surface area contributed by atoms with Crippen LogP contribution >= 0.6 is 0 Å². The largest absolute Gasteiger partial charge is 0.387 e. The van der Waals surface area contributed by atoms with E-state index in [-0.39, 0.29) is 11.3 Å². The molecule has 0 aromatic carbocycles. The highest BCUT2D eigenvalue weighted by Crippen LogP contribution is 2.48. The second-order valence-corrected chi connectivity index (χ2v) is 5.11. The van der Waals surface area contributed by atoms with E-state index >= 15 is 0 Å². The average molecular weight is 263 g/mol. The topological polar surface area (TPSA) is 63.2 Å². The lowest BCUT2D eigenvalue weighted by molar-refractivity contribution is 0.0933. The lowest BCUT2D eigenvalue weighted by Gasteiger charge is -2.15. The van der Waals surface area contributed by atoms with Crippen LogP contribution in [-0.4, -0.2) is 38.2 Å². The summed E-state index contributed by atoms with van der Waals surface area (Å²) >= 11 is 0. The molecular formula is C14H21N3O2. The molecule has 0 atom stereocenters. The van der Waals surface area contributed by atoms with Gasteiger partial charge in [0.15, 0.2) is 0 Å². The van der Waals surface area contributed by atoms with Crippen molar-refractivity contribution in [3.63, 3.8) is 0 Å². The monoisotopic (exact) mass is 263 g/mol. The van der Waals surface area contributed by atoms with Crippen LogP contribution in [0.2, 0.25) is 0 Å². The fourth-order valence-electron chi connectivity index (χ4n) is 2.04. The van der Waals surface area contributed by atoms with Crippen LogP contribution < -0.4 is 10.6 Å². The summed E-state index contributed by atoms with van der Waals surface area (Å²) in [5, 5.41) is 5.95. The Balaban J connectivity index is 1.83. The molecule has 104 valence electrons. The average Bonchev–Trinajstić information content (AvgIpc) is 3.23. The van der Waals surface area contributed by atoms with E-state index in [9.17, 15) is 4.79 Å². The summed E-state index contributed by atoms with van der Waals surface area (Å²) in [7, 11) is 3.53. The predicted molar refractivity (Wildman–Crippen MR) is 74.3 cm³/mol. The number of pyridine rings is 1. The van der Waals surface area contributed by atoms with Gasteiger partial charge in [-0.05, 0) is 36.8 Å². The number of methoxy groups -OCH3 is 1. The van der Waals surface area contributed by atoms with Gasteiger partial charge >= 0.3 is 0 Å². The molecule has 0 aliphatic heterocycles. The zero-order valence-electron chi connectivity index (χ0n) is 11.5. The quantitative estimate of drug-likeness (QED) is 0.785. The van der Waals surface area contributed by atoms with Crippen LogP contribution in [0.3, 0.4) is 0 Å². The third-order valence-electron chi connectivity index (χ3n) is 3.70. The second-order valence-electron chi connectivity index (χ2n) is 5.11. The van der Waals surface area contributed by atoms with Gasteiger partial charge in [-0.1, -0.05) is 0 Å². The molecule has 1 saturated carbocycles. The summed E-state index contributed by atoms with van der Waals surface area (Å²) in [5.74, 6) is -0.105. The number of rotatable bonds is 7. The van der Waals surface area contributed by atoms with Crippen molar-refractivity contribution < 1.29 is 9.53 Å². The van der Waals surface area contributed by atoms with E-state index in [0.29, 0.717) is 12.2 Å². The first-order valence-corrected chi connectivity index (χ1v) is 6.60. The van der Waals surface area contributed by atoms with Gasteiger partial charge in [-0.3, -0.25) is 4.79 Å². The third kappa shape index (κ3) is 3.67. The first-order chi connectivity index (χ1) is 9.19. The van der Waals surface area contributed by atoms with Gasteiger partial charge in [0.05, 0.1) is 11.9 Å². The lowest BCUT2D eigenvalue weighted by Crippen LogP contribution is -2.31. The Morgan fingerprint density at radius 2 is 2.26 bits per heavy atom. The molecule has 1 fully saturated rings. The zero-order valence-corrected chi connectivity index (χ0v) is 11.5. The first-order valence-electron chi connectivity index (χ1n) is 6.60. The number of aromatic nitrogens is 1. The standard InChI is InChI=1S/C14H21N3O2/c1-15-11-3-4-12(16-9-11)13(18)17-10-14(5-6-14)7-8-19-2/h3-4,9,15H,5-8,10H2,1-2H3,(H,17,18). The summed E-state index contributed by atoms with van der Waals surface area (Å²) in [4.78, 5) is 16.1. The van der Waals surface area contributed by atoms with Crippen LogP contribution in [0, 0.1) is 5.41 Å². The molecule has 0 saturated heterocycles. The molecule has 0 radical (unpaired) electrons. The van der Waals surface area contributed by atoms with Gasteiger partial charge in [0.25, 0.3) is 5.91 Å². The van der Waals surface area contributed by atoms with Crippen LogP contribution in [0.1, 0.15) is 29.8 Å². The summed E-state index contributed by atoms with van der Waals surface area (Å²) in [6, 6.07) is 3.58. The highest BCUT2D eigenvalue weighted by Gasteiger charge is 2.42. The van der Waals surface area contributed by atoms with Crippen molar-refractivity contribution in [1.82, 2.24) is 10.3 Å². The zero-order chi connectivity index (χ0) is 13.7. The van der Waals surface area contributed by atoms with E-state index < -0.39 is 0 Å². The van der Waals surface area contributed by atoms with E-state index in [1.807, 2.05) is 13.1 Å². The third-order valence-corrected chi connectivity index (χ3v) is 3.70. The number of carbonyl (C=O) groups is 1. The van der Waals surface area contributed by atoms with Crippen LogP contribution in [0.15, 0.2) is 18.3 Å². The van der Waals surface area contributed by atoms with Crippen molar-refractivity contribution >= 4 is 11.6 Å². The summed E-state index contributed by atoms with van der Waals surface area (Å²) in [5.41, 5.74) is 1.62. The maximum atomic E-state index is 12.0. The molecule has 1 aromatic rings. The van der Waals surface area contributed by atoms with E-state index in [1.165, 1.54) is 12.8 Å². The number of hydrogen-bond acceptors (Lipinski definition) is 4. The lowest BCUT2D eigenvalue weighted by atomic mass is 10.0. The van der Waals surface area contributed by atoms with Gasteiger partial charge in [-0.25, -0.2) is 4.98 Å². The van der Waals surface area contributed by atoms with Crippen molar-refractivity contribution in [2.24, 2.45) is 5.41 Å².